The van der Waals surface area contributed by atoms with E-state index in [-0.39, 0.29) is 5.96 Å². The van der Waals surface area contributed by atoms with Crippen LogP contribution in [-0.2, 0) is 0 Å². The second kappa shape index (κ2) is 6.95. The predicted molar refractivity (Wildman–Crippen MR) is 101 cm³/mol. The van der Waals surface area contributed by atoms with Gasteiger partial charge in [-0.1, -0.05) is 24.3 Å². The second-order valence-electron chi connectivity index (χ2n) is 5.61. The van der Waals surface area contributed by atoms with Crippen LogP contribution in [0.15, 0.2) is 59.6 Å². The molecule has 0 bridgehead atoms. The maximum atomic E-state index is 12.1. The van der Waals surface area contributed by atoms with Crippen LogP contribution in [0, 0.1) is 11.3 Å². The molecule has 3 rings (SSSR count). The first-order valence-corrected chi connectivity index (χ1v) is 7.78. The lowest BCUT2D eigenvalue weighted by Crippen LogP contribution is -2.24. The normalized spacial score (nSPS) is 10.2. The van der Waals surface area contributed by atoms with Crippen LogP contribution in [0.1, 0.15) is 15.9 Å². The molecule has 0 atom stereocenters. The maximum Gasteiger partial charge on any atom is 0.280 e. The molecule has 0 aliphatic carbocycles. The minimum Gasteiger partial charge on any atom is -0.497 e. The number of benzene rings is 3. The largest absolute Gasteiger partial charge is 0.497 e. The van der Waals surface area contributed by atoms with E-state index in [0.29, 0.717) is 16.9 Å². The van der Waals surface area contributed by atoms with Crippen molar-refractivity contribution in [2.24, 2.45) is 16.5 Å². The van der Waals surface area contributed by atoms with Crippen LogP contribution >= 0.6 is 0 Å². The zero-order valence-corrected chi connectivity index (χ0v) is 14.1. The average Bonchev–Trinajstić information content (AvgIpc) is 2.66. The van der Waals surface area contributed by atoms with E-state index in [1.54, 1.807) is 31.4 Å². The van der Waals surface area contributed by atoms with Crippen LogP contribution in [0.2, 0.25) is 0 Å². The summed E-state index contributed by atoms with van der Waals surface area (Å²) in [6, 6.07) is 18.5. The zero-order chi connectivity index (χ0) is 18.7. The van der Waals surface area contributed by atoms with Gasteiger partial charge in [0, 0.05) is 11.1 Å². The summed E-state index contributed by atoms with van der Waals surface area (Å²) < 4.78 is 5.19. The molecular formula is C20H16N4O2. The molecule has 0 fully saturated rings. The summed E-state index contributed by atoms with van der Waals surface area (Å²) in [6.45, 7) is 0. The molecule has 1 amide bonds. The summed E-state index contributed by atoms with van der Waals surface area (Å²) in [5.41, 5.74) is 13.0. The Hall–Kier alpha value is -3.85. The smallest absolute Gasteiger partial charge is 0.280 e. The molecule has 4 N–H and O–H groups in total. The number of nitrogens with two attached hydrogens (primary N) is 2. The summed E-state index contributed by atoms with van der Waals surface area (Å²) in [5.74, 6) is -0.198. The first-order chi connectivity index (χ1) is 12.5. The minimum absolute atomic E-state index is 0.287. The highest BCUT2D eigenvalue weighted by Gasteiger charge is 2.12. The van der Waals surface area contributed by atoms with Crippen molar-refractivity contribution in [3.63, 3.8) is 0 Å². The summed E-state index contributed by atoms with van der Waals surface area (Å²) in [5, 5.41) is 11.3. The van der Waals surface area contributed by atoms with E-state index in [1.807, 2.05) is 30.3 Å². The van der Waals surface area contributed by atoms with E-state index in [4.69, 9.17) is 16.2 Å². The Morgan fingerprint density at radius 2 is 1.88 bits per heavy atom. The van der Waals surface area contributed by atoms with Crippen LogP contribution < -0.4 is 16.2 Å². The number of carbonyl (C=O) groups excluding carboxylic acids is 1. The molecule has 3 aromatic carbocycles. The first kappa shape index (κ1) is 17.0. The Morgan fingerprint density at radius 1 is 1.08 bits per heavy atom. The topological polar surface area (TPSA) is 114 Å². The highest BCUT2D eigenvalue weighted by Crippen LogP contribution is 2.33. The van der Waals surface area contributed by atoms with Crippen LogP contribution in [-0.4, -0.2) is 19.0 Å². The Morgan fingerprint density at radius 3 is 2.58 bits per heavy atom. The lowest BCUT2D eigenvalue weighted by Gasteiger charge is -2.11. The highest BCUT2D eigenvalue weighted by atomic mass is 16.5. The molecule has 0 aromatic heterocycles. The summed E-state index contributed by atoms with van der Waals surface area (Å²) in [4.78, 5) is 15.7. The molecule has 0 radical (unpaired) electrons. The van der Waals surface area contributed by atoms with Crippen LogP contribution in [0.4, 0.5) is 0 Å². The predicted octanol–water partition coefficient (Wildman–Crippen LogP) is 2.80. The molecule has 128 valence electrons. The molecule has 0 saturated heterocycles. The van der Waals surface area contributed by atoms with Crippen LogP contribution in [0.25, 0.3) is 21.9 Å². The third-order valence-electron chi connectivity index (χ3n) is 4.00. The van der Waals surface area contributed by atoms with Crippen molar-refractivity contribution in [2.45, 2.75) is 0 Å². The van der Waals surface area contributed by atoms with E-state index in [9.17, 15) is 10.1 Å². The number of amides is 1. The van der Waals surface area contributed by atoms with Crippen LogP contribution in [0.3, 0.4) is 0 Å². The molecular weight excluding hydrogens is 328 g/mol. The van der Waals surface area contributed by atoms with Crippen molar-refractivity contribution < 1.29 is 9.53 Å². The van der Waals surface area contributed by atoms with Gasteiger partial charge in [-0.15, -0.1) is 0 Å². The van der Waals surface area contributed by atoms with E-state index in [0.717, 1.165) is 21.9 Å². The van der Waals surface area contributed by atoms with Crippen LogP contribution in [0.5, 0.6) is 5.75 Å². The van der Waals surface area contributed by atoms with Crippen molar-refractivity contribution in [3.05, 3.63) is 65.7 Å². The van der Waals surface area contributed by atoms with Gasteiger partial charge < -0.3 is 16.2 Å². The number of fused-ring (bicyclic) bond motifs is 1. The fourth-order valence-electron chi connectivity index (χ4n) is 2.80. The van der Waals surface area contributed by atoms with Gasteiger partial charge in [-0.05, 0) is 46.7 Å². The van der Waals surface area contributed by atoms with Crippen molar-refractivity contribution >= 4 is 22.6 Å². The number of hydrogen-bond acceptors (Lipinski definition) is 3. The summed E-state index contributed by atoms with van der Waals surface area (Å²) in [7, 11) is 1.55. The fraction of sp³-hybridized carbons (Fsp3) is 0.0500. The Labute approximate surface area is 150 Å². The molecule has 6 nitrogen and oxygen atoms in total. The van der Waals surface area contributed by atoms with Gasteiger partial charge in [0.05, 0.1) is 18.7 Å². The average molecular weight is 344 g/mol. The Kier molecular flexibility index (Phi) is 4.54. The van der Waals surface area contributed by atoms with Gasteiger partial charge in [-0.2, -0.15) is 10.3 Å². The zero-order valence-electron chi connectivity index (χ0n) is 14.1. The van der Waals surface area contributed by atoms with Gasteiger partial charge >= 0.3 is 0 Å². The SMILES string of the molecule is COc1ccc(-c2cccc3ccc(C(=O)N=C(N)N)cc23)c(C#N)c1. The van der Waals surface area contributed by atoms with Crippen molar-refractivity contribution in [2.75, 3.05) is 7.11 Å². The third-order valence-corrected chi connectivity index (χ3v) is 4.00. The Balaban J connectivity index is 2.23. The van der Waals surface area contributed by atoms with Crippen molar-refractivity contribution in [3.8, 4) is 22.9 Å². The van der Waals surface area contributed by atoms with Crippen molar-refractivity contribution in [1.82, 2.24) is 0 Å². The second-order valence-corrected chi connectivity index (χ2v) is 5.61. The molecule has 0 aliphatic rings. The Bertz CT molecular complexity index is 1080. The number of guanidine groups is 1. The van der Waals surface area contributed by atoms with Gasteiger partial charge in [-0.3, -0.25) is 4.79 Å². The monoisotopic (exact) mass is 344 g/mol. The van der Waals surface area contributed by atoms with Gasteiger partial charge in [0.15, 0.2) is 5.96 Å². The highest BCUT2D eigenvalue weighted by molar-refractivity contribution is 6.06. The van der Waals surface area contributed by atoms with E-state index in [2.05, 4.69) is 11.1 Å². The number of nitrogens with zero attached hydrogens (tertiary/aromatic N) is 2. The van der Waals surface area contributed by atoms with Gasteiger partial charge in [0.25, 0.3) is 5.91 Å². The summed E-state index contributed by atoms with van der Waals surface area (Å²) >= 11 is 0. The molecule has 0 aliphatic heterocycles. The molecule has 0 unspecified atom stereocenters. The number of aliphatic imine (C=N–C) groups is 1. The van der Waals surface area contributed by atoms with Gasteiger partial charge in [0.1, 0.15) is 5.75 Å². The maximum absolute atomic E-state index is 12.1. The first-order valence-electron chi connectivity index (χ1n) is 7.78. The van der Waals surface area contributed by atoms with Gasteiger partial charge in [0.2, 0.25) is 0 Å². The van der Waals surface area contributed by atoms with Gasteiger partial charge in [-0.25, -0.2) is 0 Å². The molecule has 3 aromatic rings. The fourth-order valence-corrected chi connectivity index (χ4v) is 2.80. The molecule has 6 heteroatoms. The number of rotatable bonds is 3. The quantitative estimate of drug-likeness (QED) is 0.560. The number of nitriles is 1. The minimum atomic E-state index is -0.517. The molecule has 26 heavy (non-hydrogen) atoms. The van der Waals surface area contributed by atoms with Crippen molar-refractivity contribution in [1.29, 1.82) is 5.26 Å². The number of ether oxygens (including phenoxy) is 1. The number of hydrogen-bond donors (Lipinski definition) is 2. The molecule has 0 heterocycles. The molecule has 0 spiro atoms. The summed E-state index contributed by atoms with van der Waals surface area (Å²) in [6.07, 6.45) is 0. The van der Waals surface area contributed by atoms with E-state index >= 15 is 0 Å². The lowest BCUT2D eigenvalue weighted by atomic mass is 9.94. The van der Waals surface area contributed by atoms with E-state index < -0.39 is 5.91 Å². The lowest BCUT2D eigenvalue weighted by molar-refractivity contribution is 0.100. The number of carbonyl (C=O) groups is 1. The third kappa shape index (κ3) is 3.19. The van der Waals surface area contributed by atoms with E-state index in [1.165, 1.54) is 0 Å². The number of methoxy groups -OCH3 is 1. The standard InChI is InChI=1S/C20H16N4O2/c1-26-15-7-8-16(14(9-15)11-21)17-4-2-3-12-5-6-13(10-18(12)17)19(25)24-20(22)23/h2-10H,1H3,(H4,22,23,24,25). The molecule has 0 saturated carbocycles.